The van der Waals surface area contributed by atoms with Gasteiger partial charge in [0.2, 0.25) is 5.91 Å². The maximum atomic E-state index is 13.5. The molecule has 0 aliphatic carbocycles. The molecule has 3 aromatic carbocycles. The summed E-state index contributed by atoms with van der Waals surface area (Å²) in [7, 11) is 1.53. The third-order valence-corrected chi connectivity index (χ3v) is 7.66. The Kier molecular flexibility index (Phi) is 9.17. The summed E-state index contributed by atoms with van der Waals surface area (Å²) < 4.78 is 36.3. The number of hydrogen-bond acceptors (Lipinski definition) is 9. The highest BCUT2D eigenvalue weighted by Gasteiger charge is 2.35. The third-order valence-electron chi connectivity index (χ3n) is 7.36. The van der Waals surface area contributed by atoms with Gasteiger partial charge in [0.05, 0.1) is 48.8 Å². The smallest absolute Gasteiger partial charge is 0.248 e. The van der Waals surface area contributed by atoms with Gasteiger partial charge in [-0.05, 0) is 42.0 Å². The molecule has 0 saturated carbocycles. The second kappa shape index (κ2) is 13.6. The van der Waals surface area contributed by atoms with Gasteiger partial charge in [-0.1, -0.05) is 29.8 Å². The number of likely N-dealkylation sites (tertiary alicyclic amines) is 1. The number of fused-ring (bicyclic) bond motifs is 2. The van der Waals surface area contributed by atoms with E-state index in [-0.39, 0.29) is 30.5 Å². The number of amides is 1. The molecule has 2 fully saturated rings. The molecule has 2 unspecified atom stereocenters. The third kappa shape index (κ3) is 7.08. The molecule has 6 rings (SSSR count). The number of carbonyl (C=O) groups is 1. The second-order valence-electron chi connectivity index (χ2n) is 10.4. The van der Waals surface area contributed by atoms with Crippen LogP contribution in [-0.4, -0.2) is 72.9 Å². The van der Waals surface area contributed by atoms with Crippen LogP contribution < -0.4 is 20.1 Å². The van der Waals surface area contributed by atoms with Crippen molar-refractivity contribution in [1.29, 1.82) is 0 Å². The van der Waals surface area contributed by atoms with Crippen molar-refractivity contribution < 1.29 is 28.1 Å². The predicted molar refractivity (Wildman–Crippen MR) is 165 cm³/mol. The lowest BCUT2D eigenvalue weighted by atomic mass is 10.1. The number of nitrogens with zero attached hydrogens (tertiary/aromatic N) is 3. The minimum atomic E-state index is -0.327. The van der Waals surface area contributed by atoms with Crippen LogP contribution in [0.25, 0.3) is 10.9 Å². The van der Waals surface area contributed by atoms with Crippen molar-refractivity contribution in [3.8, 4) is 11.5 Å². The molecule has 44 heavy (non-hydrogen) atoms. The van der Waals surface area contributed by atoms with Gasteiger partial charge in [-0.2, -0.15) is 0 Å². The quantitative estimate of drug-likeness (QED) is 0.227. The molecule has 2 aliphatic rings. The summed E-state index contributed by atoms with van der Waals surface area (Å²) >= 11 is 6.49. The molecule has 2 saturated heterocycles. The van der Waals surface area contributed by atoms with Crippen molar-refractivity contribution in [3.05, 3.63) is 89.5 Å². The number of benzene rings is 3. The standard InChI is InChI=1S/C32H31ClFN5O5/c1-41-28-15-25-23(14-26(28)38-31(40)6-3-9-39-16-29-30(17-39)43-11-10-42-29)32(36-19-35-25)37-22-7-8-27(24(33)13-22)44-18-20-4-2-5-21(34)12-20/h2-8,12-15,19,29-30H,9-11,16-18H2,1H3,(H,38,40)(H,35,36,37). The van der Waals surface area contributed by atoms with E-state index in [0.717, 1.165) is 13.1 Å². The van der Waals surface area contributed by atoms with Crippen molar-refractivity contribution >= 4 is 45.6 Å². The summed E-state index contributed by atoms with van der Waals surface area (Å²) in [4.78, 5) is 23.8. The molecule has 2 aliphatic heterocycles. The van der Waals surface area contributed by atoms with Gasteiger partial charge in [-0.25, -0.2) is 14.4 Å². The first-order valence-electron chi connectivity index (χ1n) is 14.1. The number of halogens is 2. The van der Waals surface area contributed by atoms with E-state index >= 15 is 0 Å². The molecule has 0 radical (unpaired) electrons. The lowest BCUT2D eigenvalue weighted by Crippen LogP contribution is -2.36. The molecule has 4 aromatic rings. The highest BCUT2D eigenvalue weighted by Crippen LogP contribution is 2.35. The lowest BCUT2D eigenvalue weighted by Gasteiger charge is -2.24. The van der Waals surface area contributed by atoms with Crippen LogP contribution in [0, 0.1) is 5.82 Å². The van der Waals surface area contributed by atoms with E-state index in [2.05, 4.69) is 25.5 Å². The topological polar surface area (TPSA) is 107 Å². The highest BCUT2D eigenvalue weighted by atomic mass is 35.5. The van der Waals surface area contributed by atoms with Crippen molar-refractivity contribution in [2.75, 3.05) is 50.6 Å². The monoisotopic (exact) mass is 619 g/mol. The number of ether oxygens (including phenoxy) is 4. The first kappa shape index (κ1) is 29.8. The zero-order valence-corrected chi connectivity index (χ0v) is 24.7. The average Bonchev–Trinajstić information content (AvgIpc) is 3.43. The SMILES string of the molecule is COc1cc2ncnc(Nc3ccc(OCc4cccc(F)c4)c(Cl)c3)c2cc1NC(=O)C=CCN1CC2OCCOC2C1. The molecule has 0 spiro atoms. The van der Waals surface area contributed by atoms with Crippen LogP contribution in [0.2, 0.25) is 5.02 Å². The van der Waals surface area contributed by atoms with E-state index in [0.29, 0.717) is 69.9 Å². The van der Waals surface area contributed by atoms with Gasteiger partial charge >= 0.3 is 0 Å². The molecular weight excluding hydrogens is 589 g/mol. The minimum Gasteiger partial charge on any atom is -0.494 e. The fraction of sp³-hybridized carbons (Fsp3) is 0.281. The van der Waals surface area contributed by atoms with Crippen LogP contribution in [0.1, 0.15) is 5.56 Å². The molecule has 12 heteroatoms. The summed E-state index contributed by atoms with van der Waals surface area (Å²) in [6.45, 7) is 3.59. The van der Waals surface area contributed by atoms with Crippen molar-refractivity contribution in [1.82, 2.24) is 14.9 Å². The number of aromatic nitrogens is 2. The highest BCUT2D eigenvalue weighted by molar-refractivity contribution is 6.32. The number of hydrogen-bond donors (Lipinski definition) is 2. The van der Waals surface area contributed by atoms with Crippen LogP contribution in [0.3, 0.4) is 0 Å². The fourth-order valence-corrected chi connectivity index (χ4v) is 5.48. The molecular formula is C32H31ClFN5O5. The predicted octanol–water partition coefficient (Wildman–Crippen LogP) is 5.35. The molecule has 10 nitrogen and oxygen atoms in total. The Morgan fingerprint density at radius 2 is 1.91 bits per heavy atom. The Morgan fingerprint density at radius 1 is 1.09 bits per heavy atom. The second-order valence-corrected chi connectivity index (χ2v) is 10.8. The first-order valence-corrected chi connectivity index (χ1v) is 14.5. The lowest BCUT2D eigenvalue weighted by molar-refractivity contribution is -0.116. The average molecular weight is 620 g/mol. The zero-order valence-electron chi connectivity index (χ0n) is 24.0. The van der Waals surface area contributed by atoms with Gasteiger partial charge in [0.25, 0.3) is 0 Å². The van der Waals surface area contributed by atoms with Crippen LogP contribution in [0.15, 0.2) is 73.1 Å². The van der Waals surface area contributed by atoms with E-state index in [1.807, 2.05) is 6.08 Å². The summed E-state index contributed by atoms with van der Waals surface area (Å²) in [5.74, 6) is 0.810. The van der Waals surface area contributed by atoms with E-state index in [1.54, 1.807) is 42.5 Å². The van der Waals surface area contributed by atoms with Crippen LogP contribution in [0.5, 0.6) is 11.5 Å². The number of carbonyl (C=O) groups excluding carboxylic acids is 1. The van der Waals surface area contributed by atoms with Gasteiger partial charge in [-0.3, -0.25) is 9.69 Å². The Bertz CT molecular complexity index is 1670. The van der Waals surface area contributed by atoms with Crippen LogP contribution in [0.4, 0.5) is 21.6 Å². The maximum absolute atomic E-state index is 13.5. The van der Waals surface area contributed by atoms with Gasteiger partial charge in [-0.15, -0.1) is 0 Å². The van der Waals surface area contributed by atoms with Gasteiger partial charge < -0.3 is 29.6 Å². The Labute approximate surface area is 258 Å². The molecule has 1 amide bonds. The number of anilines is 3. The molecule has 0 bridgehead atoms. The molecule has 228 valence electrons. The van der Waals surface area contributed by atoms with Crippen LogP contribution in [-0.2, 0) is 20.9 Å². The zero-order chi connectivity index (χ0) is 30.5. The molecule has 3 heterocycles. The van der Waals surface area contributed by atoms with E-state index < -0.39 is 0 Å². The van der Waals surface area contributed by atoms with Gasteiger partial charge in [0.15, 0.2) is 0 Å². The Morgan fingerprint density at radius 3 is 2.66 bits per heavy atom. The van der Waals surface area contributed by atoms with Crippen molar-refractivity contribution in [2.45, 2.75) is 18.8 Å². The largest absolute Gasteiger partial charge is 0.494 e. The van der Waals surface area contributed by atoms with E-state index in [9.17, 15) is 9.18 Å². The number of methoxy groups -OCH3 is 1. The van der Waals surface area contributed by atoms with E-state index in [4.69, 9.17) is 30.5 Å². The summed E-state index contributed by atoms with van der Waals surface area (Å²) in [6.07, 6.45) is 4.95. The van der Waals surface area contributed by atoms with Crippen molar-refractivity contribution in [3.63, 3.8) is 0 Å². The minimum absolute atomic E-state index is 0.0897. The summed E-state index contributed by atoms with van der Waals surface area (Å²) in [5.41, 5.74) is 2.45. The van der Waals surface area contributed by atoms with E-state index in [1.165, 1.54) is 31.6 Å². The molecule has 1 aromatic heterocycles. The Balaban J connectivity index is 1.13. The first-order chi connectivity index (χ1) is 21.4. The molecule has 2 N–H and O–H groups in total. The Hall–Kier alpha value is -4.29. The number of rotatable bonds is 10. The van der Waals surface area contributed by atoms with Crippen LogP contribution >= 0.6 is 11.6 Å². The normalized spacial score (nSPS) is 18.3. The van der Waals surface area contributed by atoms with Crippen molar-refractivity contribution in [2.24, 2.45) is 0 Å². The van der Waals surface area contributed by atoms with Gasteiger partial charge in [0.1, 0.15) is 36.1 Å². The fourth-order valence-electron chi connectivity index (χ4n) is 5.24. The maximum Gasteiger partial charge on any atom is 0.248 e. The summed E-state index contributed by atoms with van der Waals surface area (Å²) in [5, 5.41) is 7.21. The van der Waals surface area contributed by atoms with Gasteiger partial charge in [0, 0.05) is 42.9 Å². The summed E-state index contributed by atoms with van der Waals surface area (Å²) in [6, 6.07) is 14.9. The number of nitrogens with one attached hydrogen (secondary N) is 2. The molecule has 2 atom stereocenters.